The lowest BCUT2D eigenvalue weighted by atomic mass is 10.1. The van der Waals surface area contributed by atoms with Crippen LogP contribution in [-0.4, -0.2) is 23.2 Å². The topological polar surface area (TPSA) is 75.6 Å². The Balaban J connectivity index is 1.81. The quantitative estimate of drug-likeness (QED) is 0.852. The fourth-order valence-electron chi connectivity index (χ4n) is 2.06. The molecule has 0 spiro atoms. The molecular weight excluding hydrogens is 246 g/mol. The Morgan fingerprint density at radius 2 is 2.05 bits per heavy atom. The van der Waals surface area contributed by atoms with E-state index < -0.39 is 18.1 Å². The van der Waals surface area contributed by atoms with Gasteiger partial charge in [-0.25, -0.2) is 9.59 Å². The highest BCUT2D eigenvalue weighted by Crippen LogP contribution is 2.40. The van der Waals surface area contributed by atoms with Gasteiger partial charge in [0.15, 0.2) is 0 Å². The van der Waals surface area contributed by atoms with Gasteiger partial charge in [-0.2, -0.15) is 0 Å². The summed E-state index contributed by atoms with van der Waals surface area (Å²) in [5.41, 5.74) is 0.865. The standard InChI is InChI=1S/C14H17NO4/c1-9-7-11(9)12(13(16)17)15-14(18)19-8-10-5-3-2-4-6-10/h2-6,9,11-12H,7-8H2,1H3,(H,15,18)(H,16,17). The molecule has 0 heterocycles. The number of ether oxygens (including phenoxy) is 1. The molecule has 0 bridgehead atoms. The molecule has 0 radical (unpaired) electrons. The number of carbonyl (C=O) groups excluding carboxylic acids is 1. The maximum Gasteiger partial charge on any atom is 0.408 e. The highest BCUT2D eigenvalue weighted by atomic mass is 16.5. The molecule has 0 aliphatic heterocycles. The summed E-state index contributed by atoms with van der Waals surface area (Å²) < 4.78 is 5.01. The van der Waals surface area contributed by atoms with E-state index in [4.69, 9.17) is 9.84 Å². The number of nitrogens with one attached hydrogen (secondary N) is 1. The van der Waals surface area contributed by atoms with Crippen molar-refractivity contribution in [3.05, 3.63) is 35.9 Å². The van der Waals surface area contributed by atoms with Crippen molar-refractivity contribution in [2.24, 2.45) is 11.8 Å². The molecule has 3 unspecified atom stereocenters. The summed E-state index contributed by atoms with van der Waals surface area (Å²) in [7, 11) is 0. The average Bonchev–Trinajstić information content (AvgIpc) is 3.11. The zero-order valence-corrected chi connectivity index (χ0v) is 10.7. The third-order valence-electron chi connectivity index (χ3n) is 3.35. The second-order valence-corrected chi connectivity index (χ2v) is 4.90. The van der Waals surface area contributed by atoms with E-state index in [2.05, 4.69) is 5.32 Å². The summed E-state index contributed by atoms with van der Waals surface area (Å²) in [6, 6.07) is 8.40. The first-order chi connectivity index (χ1) is 9.08. The molecule has 3 atom stereocenters. The van der Waals surface area contributed by atoms with Gasteiger partial charge in [-0.05, 0) is 23.8 Å². The first-order valence-corrected chi connectivity index (χ1v) is 6.28. The minimum absolute atomic E-state index is 0.0155. The second kappa shape index (κ2) is 5.73. The number of alkyl carbamates (subject to hydrolysis) is 1. The van der Waals surface area contributed by atoms with Crippen molar-refractivity contribution in [3.63, 3.8) is 0 Å². The Hall–Kier alpha value is -2.04. The number of hydrogen-bond acceptors (Lipinski definition) is 3. The van der Waals surface area contributed by atoms with Crippen LogP contribution >= 0.6 is 0 Å². The lowest BCUT2D eigenvalue weighted by Gasteiger charge is -2.14. The molecule has 1 aliphatic carbocycles. The number of carboxylic acids is 1. The monoisotopic (exact) mass is 263 g/mol. The number of benzene rings is 1. The van der Waals surface area contributed by atoms with Crippen LogP contribution in [-0.2, 0) is 16.1 Å². The predicted octanol–water partition coefficient (Wildman–Crippen LogP) is 2.02. The van der Waals surface area contributed by atoms with Gasteiger partial charge in [0.1, 0.15) is 12.6 Å². The van der Waals surface area contributed by atoms with Gasteiger partial charge in [0.2, 0.25) is 0 Å². The summed E-state index contributed by atoms with van der Waals surface area (Å²) in [5.74, 6) is -0.650. The molecule has 2 rings (SSSR count). The van der Waals surface area contributed by atoms with Gasteiger partial charge >= 0.3 is 12.1 Å². The minimum atomic E-state index is -1.01. The van der Waals surface area contributed by atoms with Crippen LogP contribution in [0.1, 0.15) is 18.9 Å². The molecule has 1 aliphatic rings. The van der Waals surface area contributed by atoms with E-state index in [1.807, 2.05) is 37.3 Å². The Labute approximate surface area is 111 Å². The smallest absolute Gasteiger partial charge is 0.408 e. The summed E-state index contributed by atoms with van der Waals surface area (Å²) in [4.78, 5) is 22.6. The molecule has 102 valence electrons. The van der Waals surface area contributed by atoms with Crippen LogP contribution in [0, 0.1) is 11.8 Å². The number of amides is 1. The maximum atomic E-state index is 11.6. The zero-order chi connectivity index (χ0) is 13.8. The van der Waals surface area contributed by atoms with Crippen molar-refractivity contribution in [2.45, 2.75) is 26.0 Å². The lowest BCUT2D eigenvalue weighted by molar-refractivity contribution is -0.140. The van der Waals surface area contributed by atoms with E-state index in [0.29, 0.717) is 5.92 Å². The Kier molecular flexibility index (Phi) is 4.04. The molecule has 19 heavy (non-hydrogen) atoms. The van der Waals surface area contributed by atoms with Crippen molar-refractivity contribution in [3.8, 4) is 0 Å². The number of carbonyl (C=O) groups is 2. The van der Waals surface area contributed by atoms with Crippen LogP contribution in [0.25, 0.3) is 0 Å². The van der Waals surface area contributed by atoms with E-state index >= 15 is 0 Å². The van der Waals surface area contributed by atoms with Gasteiger partial charge in [0.05, 0.1) is 0 Å². The summed E-state index contributed by atoms with van der Waals surface area (Å²) in [5, 5.41) is 11.5. The fraction of sp³-hybridized carbons (Fsp3) is 0.429. The number of carboxylic acid groups (broad SMARTS) is 1. The SMILES string of the molecule is CC1CC1C(NC(=O)OCc1ccccc1)C(=O)O. The zero-order valence-electron chi connectivity index (χ0n) is 10.7. The van der Waals surface area contributed by atoms with Crippen molar-refractivity contribution in [2.75, 3.05) is 0 Å². The van der Waals surface area contributed by atoms with E-state index in [1.54, 1.807) is 0 Å². The van der Waals surface area contributed by atoms with Gasteiger partial charge in [0.25, 0.3) is 0 Å². The molecule has 2 N–H and O–H groups in total. The van der Waals surface area contributed by atoms with Crippen LogP contribution in [0.2, 0.25) is 0 Å². The third-order valence-corrected chi connectivity index (χ3v) is 3.35. The number of aliphatic carboxylic acids is 1. The molecule has 1 aromatic carbocycles. The summed E-state index contributed by atoms with van der Waals surface area (Å²) in [6.07, 6.45) is 0.144. The van der Waals surface area contributed by atoms with Crippen LogP contribution in [0.4, 0.5) is 4.79 Å². The van der Waals surface area contributed by atoms with E-state index in [9.17, 15) is 9.59 Å². The molecule has 1 saturated carbocycles. The van der Waals surface area contributed by atoms with Crippen LogP contribution in [0.5, 0.6) is 0 Å². The highest BCUT2D eigenvalue weighted by molar-refractivity contribution is 5.80. The lowest BCUT2D eigenvalue weighted by Crippen LogP contribution is -2.43. The van der Waals surface area contributed by atoms with Crippen LogP contribution in [0.3, 0.4) is 0 Å². The maximum absolute atomic E-state index is 11.6. The summed E-state index contributed by atoms with van der Waals surface area (Å²) in [6.45, 7) is 2.11. The second-order valence-electron chi connectivity index (χ2n) is 4.90. The molecule has 5 heteroatoms. The Morgan fingerprint density at radius 3 is 2.58 bits per heavy atom. The Morgan fingerprint density at radius 1 is 1.42 bits per heavy atom. The van der Waals surface area contributed by atoms with E-state index in [0.717, 1.165) is 12.0 Å². The molecule has 1 amide bonds. The molecular formula is C14H17NO4. The van der Waals surface area contributed by atoms with Crippen molar-refractivity contribution in [1.29, 1.82) is 0 Å². The number of rotatable bonds is 5. The molecule has 0 aromatic heterocycles. The van der Waals surface area contributed by atoms with Gasteiger partial charge in [-0.1, -0.05) is 37.3 Å². The largest absolute Gasteiger partial charge is 0.480 e. The van der Waals surface area contributed by atoms with Gasteiger partial charge in [-0.15, -0.1) is 0 Å². The van der Waals surface area contributed by atoms with Gasteiger partial charge in [-0.3, -0.25) is 0 Å². The van der Waals surface area contributed by atoms with Crippen molar-refractivity contribution < 1.29 is 19.4 Å². The predicted molar refractivity (Wildman–Crippen MR) is 68.5 cm³/mol. The third kappa shape index (κ3) is 3.71. The van der Waals surface area contributed by atoms with Crippen molar-refractivity contribution in [1.82, 2.24) is 5.32 Å². The first-order valence-electron chi connectivity index (χ1n) is 6.28. The average molecular weight is 263 g/mol. The van der Waals surface area contributed by atoms with E-state index in [-0.39, 0.29) is 12.5 Å². The molecule has 5 nitrogen and oxygen atoms in total. The van der Waals surface area contributed by atoms with E-state index in [1.165, 1.54) is 0 Å². The highest BCUT2D eigenvalue weighted by Gasteiger charge is 2.44. The molecule has 1 aromatic rings. The molecule has 0 saturated heterocycles. The van der Waals surface area contributed by atoms with Crippen LogP contribution in [0.15, 0.2) is 30.3 Å². The fourth-order valence-corrected chi connectivity index (χ4v) is 2.06. The Bertz CT molecular complexity index is 460. The summed E-state index contributed by atoms with van der Waals surface area (Å²) >= 11 is 0. The van der Waals surface area contributed by atoms with Gasteiger partial charge < -0.3 is 15.2 Å². The van der Waals surface area contributed by atoms with Gasteiger partial charge in [0, 0.05) is 0 Å². The van der Waals surface area contributed by atoms with Crippen LogP contribution < -0.4 is 5.32 Å². The van der Waals surface area contributed by atoms with Crippen molar-refractivity contribution >= 4 is 12.1 Å². The minimum Gasteiger partial charge on any atom is -0.480 e. The normalized spacial score (nSPS) is 22.4. The first kappa shape index (κ1) is 13.4. The number of hydrogen-bond donors (Lipinski definition) is 2. The molecule has 1 fully saturated rings.